The van der Waals surface area contributed by atoms with Gasteiger partial charge in [0, 0.05) is 29.3 Å². The van der Waals surface area contributed by atoms with Crippen molar-refractivity contribution in [2.45, 2.75) is 13.3 Å². The summed E-state index contributed by atoms with van der Waals surface area (Å²) in [4.78, 5) is 0. The molecule has 0 aliphatic heterocycles. The molecule has 0 bridgehead atoms. The molecule has 1 aromatic heterocycles. The Bertz CT molecular complexity index is 596. The number of H-pyrrole nitrogens is 1. The first-order valence-corrected chi connectivity index (χ1v) is 5.85. The molecule has 4 nitrogen and oxygen atoms in total. The first kappa shape index (κ1) is 13.5. The standard InChI is InChI=1S/C13H15F2N3O/c1-7-13(11(3-4-16)18-17-7)8-5-10(15)12(19-2)6-9(8)14/h5-6H,3-4,16H2,1-2H3,(H,17,18). The van der Waals surface area contributed by atoms with Gasteiger partial charge >= 0.3 is 0 Å². The number of aromatic amines is 1. The van der Waals surface area contributed by atoms with Gasteiger partial charge in [0.2, 0.25) is 0 Å². The summed E-state index contributed by atoms with van der Waals surface area (Å²) in [7, 11) is 1.29. The summed E-state index contributed by atoms with van der Waals surface area (Å²) in [5.74, 6) is -1.29. The van der Waals surface area contributed by atoms with Crippen LogP contribution in [0.15, 0.2) is 12.1 Å². The number of nitrogens with one attached hydrogen (secondary N) is 1. The zero-order valence-corrected chi connectivity index (χ0v) is 10.8. The lowest BCUT2D eigenvalue weighted by molar-refractivity contribution is 0.383. The highest BCUT2D eigenvalue weighted by atomic mass is 19.1. The number of ether oxygens (including phenoxy) is 1. The van der Waals surface area contributed by atoms with Crippen molar-refractivity contribution in [3.05, 3.63) is 35.2 Å². The van der Waals surface area contributed by atoms with Crippen LogP contribution in [0.3, 0.4) is 0 Å². The first-order chi connectivity index (χ1) is 9.08. The van der Waals surface area contributed by atoms with Gasteiger partial charge < -0.3 is 10.5 Å². The maximum Gasteiger partial charge on any atom is 0.165 e. The van der Waals surface area contributed by atoms with E-state index in [4.69, 9.17) is 10.5 Å². The summed E-state index contributed by atoms with van der Waals surface area (Å²) in [6, 6.07) is 2.15. The Morgan fingerprint density at radius 3 is 2.68 bits per heavy atom. The van der Waals surface area contributed by atoms with Crippen LogP contribution in [0.2, 0.25) is 0 Å². The van der Waals surface area contributed by atoms with Crippen molar-refractivity contribution < 1.29 is 13.5 Å². The van der Waals surface area contributed by atoms with E-state index in [1.54, 1.807) is 6.92 Å². The van der Waals surface area contributed by atoms with Crippen LogP contribution in [0.1, 0.15) is 11.4 Å². The number of halogens is 2. The van der Waals surface area contributed by atoms with Crippen LogP contribution in [-0.4, -0.2) is 23.9 Å². The van der Waals surface area contributed by atoms with E-state index in [0.717, 1.165) is 12.1 Å². The molecule has 2 rings (SSSR count). The molecule has 0 aliphatic rings. The van der Waals surface area contributed by atoms with E-state index < -0.39 is 11.6 Å². The molecule has 3 N–H and O–H groups in total. The van der Waals surface area contributed by atoms with Crippen LogP contribution < -0.4 is 10.5 Å². The topological polar surface area (TPSA) is 63.9 Å². The van der Waals surface area contributed by atoms with Gasteiger partial charge in [0.05, 0.1) is 12.8 Å². The van der Waals surface area contributed by atoms with Crippen LogP contribution in [0, 0.1) is 18.6 Å². The van der Waals surface area contributed by atoms with Crippen LogP contribution >= 0.6 is 0 Å². The van der Waals surface area contributed by atoms with Crippen molar-refractivity contribution in [2.24, 2.45) is 5.73 Å². The number of nitrogens with two attached hydrogens (primary N) is 1. The van der Waals surface area contributed by atoms with Crippen LogP contribution in [0.25, 0.3) is 11.1 Å². The van der Waals surface area contributed by atoms with Gasteiger partial charge in [0.1, 0.15) is 5.82 Å². The maximum atomic E-state index is 14.1. The molecule has 6 heteroatoms. The summed E-state index contributed by atoms with van der Waals surface area (Å²) >= 11 is 0. The molecule has 0 spiro atoms. The fraction of sp³-hybridized carbons (Fsp3) is 0.308. The van der Waals surface area contributed by atoms with E-state index in [1.165, 1.54) is 7.11 Å². The zero-order valence-electron chi connectivity index (χ0n) is 10.8. The largest absolute Gasteiger partial charge is 0.494 e. The number of hydrogen-bond donors (Lipinski definition) is 2. The Morgan fingerprint density at radius 1 is 1.32 bits per heavy atom. The molecule has 0 saturated heterocycles. The van der Waals surface area contributed by atoms with Gasteiger partial charge in [-0.3, -0.25) is 5.10 Å². The van der Waals surface area contributed by atoms with Gasteiger partial charge in [-0.25, -0.2) is 8.78 Å². The minimum Gasteiger partial charge on any atom is -0.494 e. The molecule has 102 valence electrons. The number of aromatic nitrogens is 2. The molecule has 0 fully saturated rings. The molecule has 19 heavy (non-hydrogen) atoms. The predicted octanol–water partition coefficient (Wildman–Crippen LogP) is 2.17. The lowest BCUT2D eigenvalue weighted by Gasteiger charge is -2.08. The number of methoxy groups -OCH3 is 1. The second kappa shape index (κ2) is 5.36. The van der Waals surface area contributed by atoms with E-state index >= 15 is 0 Å². The van der Waals surface area contributed by atoms with E-state index in [9.17, 15) is 8.78 Å². The van der Waals surface area contributed by atoms with Crippen molar-refractivity contribution in [3.63, 3.8) is 0 Å². The van der Waals surface area contributed by atoms with Crippen molar-refractivity contribution in [1.29, 1.82) is 0 Å². The molecular formula is C13H15F2N3O. The number of rotatable bonds is 4. The normalized spacial score (nSPS) is 10.8. The molecule has 2 aromatic rings. The molecule has 0 aliphatic carbocycles. The van der Waals surface area contributed by atoms with Crippen molar-refractivity contribution in [1.82, 2.24) is 10.2 Å². The van der Waals surface area contributed by atoms with Crippen LogP contribution in [0.4, 0.5) is 8.78 Å². The summed E-state index contributed by atoms with van der Waals surface area (Å²) < 4.78 is 32.5. The highest BCUT2D eigenvalue weighted by Crippen LogP contribution is 2.32. The SMILES string of the molecule is COc1cc(F)c(-c2c(CCN)n[nH]c2C)cc1F. The van der Waals surface area contributed by atoms with Crippen LogP contribution in [0.5, 0.6) is 5.75 Å². The first-order valence-electron chi connectivity index (χ1n) is 5.85. The summed E-state index contributed by atoms with van der Waals surface area (Å²) in [6.45, 7) is 2.14. The minimum atomic E-state index is -0.613. The molecule has 0 radical (unpaired) electrons. The predicted molar refractivity (Wildman–Crippen MR) is 68.0 cm³/mol. The molecule has 0 unspecified atom stereocenters. The van der Waals surface area contributed by atoms with Gasteiger partial charge in [-0.1, -0.05) is 0 Å². The van der Waals surface area contributed by atoms with Gasteiger partial charge in [0.15, 0.2) is 11.6 Å². The Kier molecular flexibility index (Phi) is 3.80. The number of nitrogens with zero attached hydrogens (tertiary/aromatic N) is 1. The third-order valence-electron chi connectivity index (χ3n) is 2.91. The molecule has 1 heterocycles. The van der Waals surface area contributed by atoms with Crippen molar-refractivity contribution in [3.8, 4) is 16.9 Å². The quantitative estimate of drug-likeness (QED) is 0.892. The highest BCUT2D eigenvalue weighted by molar-refractivity contribution is 5.70. The van der Waals surface area contributed by atoms with Gasteiger partial charge in [-0.05, 0) is 19.5 Å². The third-order valence-corrected chi connectivity index (χ3v) is 2.91. The van der Waals surface area contributed by atoms with Crippen LogP contribution in [-0.2, 0) is 6.42 Å². The maximum absolute atomic E-state index is 14.1. The Hall–Kier alpha value is -1.95. The van der Waals surface area contributed by atoms with Crippen molar-refractivity contribution >= 4 is 0 Å². The van der Waals surface area contributed by atoms with E-state index in [2.05, 4.69) is 10.2 Å². The highest BCUT2D eigenvalue weighted by Gasteiger charge is 2.18. The Morgan fingerprint density at radius 2 is 2.05 bits per heavy atom. The Labute approximate surface area is 109 Å². The number of aryl methyl sites for hydroxylation is 1. The van der Waals surface area contributed by atoms with E-state index in [1.807, 2.05) is 0 Å². The third kappa shape index (κ3) is 2.44. The molecule has 0 saturated carbocycles. The Balaban J connectivity index is 2.59. The fourth-order valence-corrected chi connectivity index (χ4v) is 2.03. The summed E-state index contributed by atoms with van der Waals surface area (Å²) in [5.41, 5.74) is 7.51. The molecular weight excluding hydrogens is 252 g/mol. The monoisotopic (exact) mass is 267 g/mol. The number of benzene rings is 1. The average molecular weight is 267 g/mol. The van der Waals surface area contributed by atoms with E-state index in [0.29, 0.717) is 29.9 Å². The molecule has 1 aromatic carbocycles. The van der Waals surface area contributed by atoms with Gasteiger partial charge in [-0.2, -0.15) is 5.10 Å². The lowest BCUT2D eigenvalue weighted by atomic mass is 10.0. The second-order valence-electron chi connectivity index (χ2n) is 4.18. The molecule has 0 atom stereocenters. The second-order valence-corrected chi connectivity index (χ2v) is 4.18. The van der Waals surface area contributed by atoms with Crippen molar-refractivity contribution in [2.75, 3.05) is 13.7 Å². The smallest absolute Gasteiger partial charge is 0.165 e. The minimum absolute atomic E-state index is 0.122. The van der Waals surface area contributed by atoms with Gasteiger partial charge in [0.25, 0.3) is 0 Å². The lowest BCUT2D eigenvalue weighted by Crippen LogP contribution is -2.04. The summed E-state index contributed by atoms with van der Waals surface area (Å²) in [5, 5.41) is 6.84. The summed E-state index contributed by atoms with van der Waals surface area (Å²) in [6.07, 6.45) is 0.493. The number of hydrogen-bond acceptors (Lipinski definition) is 3. The zero-order chi connectivity index (χ0) is 14.0. The molecule has 0 amide bonds. The van der Waals surface area contributed by atoms with Gasteiger partial charge in [-0.15, -0.1) is 0 Å². The van der Waals surface area contributed by atoms with E-state index in [-0.39, 0.29) is 11.3 Å². The average Bonchev–Trinajstić information content (AvgIpc) is 2.73. The fourth-order valence-electron chi connectivity index (χ4n) is 2.03.